The molecule has 0 fully saturated rings. The topological polar surface area (TPSA) is 46.2 Å². The van der Waals surface area contributed by atoms with Gasteiger partial charge in [-0.25, -0.2) is 0 Å². The lowest BCUT2D eigenvalue weighted by atomic mass is 10.3. The van der Waals surface area contributed by atoms with Gasteiger partial charge in [0.2, 0.25) is 0 Å². The third-order valence-electron chi connectivity index (χ3n) is 1.45. The first-order valence-corrected chi connectivity index (χ1v) is 5.34. The fourth-order valence-corrected chi connectivity index (χ4v) is 1.22. The Kier molecular flexibility index (Phi) is 5.49. The van der Waals surface area contributed by atoms with E-state index in [0.717, 1.165) is 5.69 Å². The van der Waals surface area contributed by atoms with E-state index in [4.69, 9.17) is 0 Å². The van der Waals surface area contributed by atoms with Crippen LogP contribution in [0.1, 0.15) is 0 Å². The summed E-state index contributed by atoms with van der Waals surface area (Å²) >= 11 is 0. The zero-order chi connectivity index (χ0) is 9.73. The van der Waals surface area contributed by atoms with E-state index >= 15 is 0 Å². The molecule has 0 amide bonds. The maximum absolute atomic E-state index is 12.0. The minimum absolute atomic E-state index is 0. The van der Waals surface area contributed by atoms with Crippen molar-refractivity contribution < 1.29 is 12.3 Å². The molecule has 1 rings (SSSR count). The van der Waals surface area contributed by atoms with E-state index in [1.807, 2.05) is 18.2 Å². The van der Waals surface area contributed by atoms with E-state index in [0.29, 0.717) is 0 Å². The van der Waals surface area contributed by atoms with Crippen LogP contribution in [0, 0.1) is 0 Å². The second-order valence-electron chi connectivity index (χ2n) is 2.54. The fourth-order valence-electron chi connectivity index (χ4n) is 0.873. The fraction of sp³-hybridized carbons (Fsp3) is 0.250. The van der Waals surface area contributed by atoms with Crippen molar-refractivity contribution in [3.8, 4) is 0 Å². The van der Waals surface area contributed by atoms with Crippen molar-refractivity contribution in [1.82, 2.24) is 0 Å². The van der Waals surface area contributed by atoms with Crippen LogP contribution in [0.5, 0.6) is 0 Å². The molecule has 80 valence electrons. The average Bonchev–Trinajstić information content (AvgIpc) is 2.04. The Morgan fingerprint density at radius 1 is 1.21 bits per heavy atom. The van der Waals surface area contributed by atoms with Crippen molar-refractivity contribution >= 4 is 28.3 Å². The van der Waals surface area contributed by atoms with Gasteiger partial charge in [0.1, 0.15) is 0 Å². The normalized spacial score (nSPS) is 10.4. The third kappa shape index (κ3) is 5.77. The van der Waals surface area contributed by atoms with Crippen molar-refractivity contribution in [1.29, 1.82) is 0 Å². The van der Waals surface area contributed by atoms with Gasteiger partial charge in [-0.15, -0.1) is 16.3 Å². The van der Waals surface area contributed by atoms with Crippen molar-refractivity contribution in [2.24, 2.45) is 0 Å². The maximum Gasteiger partial charge on any atom is 0.304 e. The van der Waals surface area contributed by atoms with Gasteiger partial charge in [-0.1, -0.05) is 18.2 Å². The highest BCUT2D eigenvalue weighted by Crippen LogP contribution is 2.04. The molecule has 0 aliphatic heterocycles. The second kappa shape index (κ2) is 5.82. The molecule has 0 saturated carbocycles. The van der Waals surface area contributed by atoms with Crippen LogP contribution in [-0.2, 0) is 10.2 Å². The molecule has 0 aliphatic rings. The Balaban J connectivity index is 0.00000169. The number of halogens is 2. The van der Waals surface area contributed by atoms with Gasteiger partial charge >= 0.3 is 10.2 Å². The summed E-state index contributed by atoms with van der Waals surface area (Å²) in [6.07, 6.45) is 0. The lowest BCUT2D eigenvalue weighted by molar-refractivity contribution is 0.552. The summed E-state index contributed by atoms with van der Waals surface area (Å²) in [7, 11) is -4.36. The van der Waals surface area contributed by atoms with Gasteiger partial charge in [-0.05, 0) is 12.1 Å². The van der Waals surface area contributed by atoms with E-state index in [2.05, 4.69) is 5.32 Å². The number of benzene rings is 1. The van der Waals surface area contributed by atoms with Crippen LogP contribution in [0.3, 0.4) is 0 Å². The third-order valence-corrected chi connectivity index (χ3v) is 2.14. The minimum atomic E-state index is -4.36. The number of rotatable bonds is 4. The van der Waals surface area contributed by atoms with Crippen molar-refractivity contribution in [2.75, 3.05) is 17.6 Å². The molecule has 0 aromatic heterocycles. The van der Waals surface area contributed by atoms with E-state index in [-0.39, 0.29) is 19.0 Å². The largest absolute Gasteiger partial charge is 0.384 e. The summed E-state index contributed by atoms with van der Waals surface area (Å²) in [4.78, 5) is 0. The molecule has 1 aromatic rings. The molecule has 3 nitrogen and oxygen atoms in total. The number of para-hydroxylation sites is 1. The number of hydrogen-bond donors (Lipinski definition) is 1. The first-order valence-electron chi connectivity index (χ1n) is 3.79. The highest BCUT2D eigenvalue weighted by Gasteiger charge is 2.05. The van der Waals surface area contributed by atoms with Crippen LogP contribution in [0.4, 0.5) is 9.57 Å². The molecule has 14 heavy (non-hydrogen) atoms. The van der Waals surface area contributed by atoms with Gasteiger partial charge in [0.15, 0.2) is 0 Å². The molecule has 1 aromatic carbocycles. The minimum Gasteiger partial charge on any atom is -0.384 e. The Morgan fingerprint density at radius 3 is 2.29 bits per heavy atom. The molecule has 0 radical (unpaired) electrons. The Bertz CT molecular complexity index is 355. The molecule has 1 N–H and O–H groups in total. The van der Waals surface area contributed by atoms with Gasteiger partial charge in [-0.3, -0.25) is 0 Å². The lowest BCUT2D eigenvalue weighted by Gasteiger charge is -2.02. The zero-order valence-electron chi connectivity index (χ0n) is 7.31. The molecule has 0 atom stereocenters. The van der Waals surface area contributed by atoms with E-state index in [1.54, 1.807) is 12.1 Å². The first kappa shape index (κ1) is 13.2. The number of anilines is 1. The summed E-state index contributed by atoms with van der Waals surface area (Å²) < 4.78 is 32.3. The standard InChI is InChI=1S/C8H10FNO2S.ClH/c9-13(11,12)7-6-10-8-4-2-1-3-5-8;/h1-5,10H,6-7H2;1H. The zero-order valence-corrected chi connectivity index (χ0v) is 8.94. The molecule has 0 unspecified atom stereocenters. The molecular formula is C8H11ClFNO2S. The molecule has 0 bridgehead atoms. The van der Waals surface area contributed by atoms with Crippen molar-refractivity contribution in [3.05, 3.63) is 30.3 Å². The Labute approximate surface area is 89.0 Å². The summed E-state index contributed by atoms with van der Waals surface area (Å²) in [6.45, 7) is 0.0862. The van der Waals surface area contributed by atoms with Gasteiger partial charge < -0.3 is 5.32 Å². The Hall–Kier alpha value is -0.810. The molecule has 6 heteroatoms. The van der Waals surface area contributed by atoms with E-state index in [1.165, 1.54) is 0 Å². The molecular weight excluding hydrogens is 229 g/mol. The summed E-state index contributed by atoms with van der Waals surface area (Å²) in [5.74, 6) is -0.498. The maximum atomic E-state index is 12.0. The van der Waals surface area contributed by atoms with E-state index in [9.17, 15) is 12.3 Å². The summed E-state index contributed by atoms with van der Waals surface area (Å²) in [5, 5.41) is 2.78. The Morgan fingerprint density at radius 2 is 1.79 bits per heavy atom. The predicted octanol–water partition coefficient (Wildman–Crippen LogP) is 1.82. The second-order valence-corrected chi connectivity index (χ2v) is 4.02. The van der Waals surface area contributed by atoms with Gasteiger partial charge in [-0.2, -0.15) is 8.42 Å². The van der Waals surface area contributed by atoms with E-state index < -0.39 is 16.0 Å². The monoisotopic (exact) mass is 239 g/mol. The smallest absolute Gasteiger partial charge is 0.304 e. The summed E-state index contributed by atoms with van der Waals surface area (Å²) in [5.41, 5.74) is 0.783. The number of hydrogen-bond acceptors (Lipinski definition) is 3. The lowest BCUT2D eigenvalue weighted by Crippen LogP contribution is -2.11. The summed E-state index contributed by atoms with van der Waals surface area (Å²) in [6, 6.07) is 9.03. The van der Waals surface area contributed by atoms with Crippen LogP contribution in [0.25, 0.3) is 0 Å². The molecule has 0 spiro atoms. The molecule has 0 aliphatic carbocycles. The SMILES string of the molecule is Cl.O=S(=O)(F)CCNc1ccccc1. The van der Waals surface area contributed by atoms with Crippen LogP contribution in [0.2, 0.25) is 0 Å². The van der Waals surface area contributed by atoms with Crippen molar-refractivity contribution in [2.45, 2.75) is 0 Å². The van der Waals surface area contributed by atoms with Gasteiger partial charge in [0.05, 0.1) is 5.75 Å². The van der Waals surface area contributed by atoms with Gasteiger partial charge in [0, 0.05) is 12.2 Å². The van der Waals surface area contributed by atoms with Crippen LogP contribution in [0.15, 0.2) is 30.3 Å². The van der Waals surface area contributed by atoms with Crippen LogP contribution in [-0.4, -0.2) is 20.7 Å². The molecule has 0 heterocycles. The quantitative estimate of drug-likeness (QED) is 0.816. The average molecular weight is 240 g/mol. The van der Waals surface area contributed by atoms with Crippen LogP contribution >= 0.6 is 12.4 Å². The highest BCUT2D eigenvalue weighted by atomic mass is 35.5. The van der Waals surface area contributed by atoms with Crippen molar-refractivity contribution in [3.63, 3.8) is 0 Å². The molecule has 0 saturated heterocycles. The van der Waals surface area contributed by atoms with Gasteiger partial charge in [0.25, 0.3) is 0 Å². The number of nitrogens with one attached hydrogen (secondary N) is 1. The van der Waals surface area contributed by atoms with Crippen LogP contribution < -0.4 is 5.32 Å². The first-order chi connectivity index (χ1) is 6.08. The highest BCUT2D eigenvalue weighted by molar-refractivity contribution is 7.86. The predicted molar refractivity (Wildman–Crippen MR) is 57.1 cm³/mol.